The molecule has 0 fully saturated rings. The fraction of sp³-hybridized carbons (Fsp3) is 0.0685. The Balaban J connectivity index is 0.855. The molecule has 0 saturated heterocycles. The van der Waals surface area contributed by atoms with Crippen molar-refractivity contribution in [2.75, 3.05) is 9.80 Å². The van der Waals surface area contributed by atoms with E-state index in [0.29, 0.717) is 0 Å². The molecule has 2 aliphatic carbocycles. The van der Waals surface area contributed by atoms with Crippen molar-refractivity contribution in [2.45, 2.75) is 32.1 Å². The SMILES string of the molecule is CC1CC(N(c2ccc(-c3ccc(N(c4cccc(-c5ccccc5)c4)c4ccc5c(c4)c4ccccc4n5-c4ccccc4)cc3)cc2)c2cccc(-c3ccccc3)c2)=Cc2c1n(C1=CCCC=C1)c1ccccc21. The summed E-state index contributed by atoms with van der Waals surface area (Å²) in [6.45, 7) is 2.41. The maximum absolute atomic E-state index is 2.53. The van der Waals surface area contributed by atoms with Gasteiger partial charge in [0.25, 0.3) is 0 Å². The fourth-order valence-corrected chi connectivity index (χ4v) is 12.2. The minimum absolute atomic E-state index is 0.281. The zero-order valence-electron chi connectivity index (χ0n) is 43.0. The van der Waals surface area contributed by atoms with Crippen LogP contribution in [0.15, 0.2) is 279 Å². The molecule has 2 aliphatic rings. The van der Waals surface area contributed by atoms with Crippen molar-refractivity contribution in [1.82, 2.24) is 9.13 Å². The van der Waals surface area contributed by atoms with Crippen LogP contribution in [0.2, 0.25) is 0 Å². The van der Waals surface area contributed by atoms with Gasteiger partial charge in [-0.25, -0.2) is 0 Å². The minimum Gasteiger partial charge on any atom is -0.314 e. The van der Waals surface area contributed by atoms with Crippen molar-refractivity contribution >= 4 is 72.9 Å². The van der Waals surface area contributed by atoms with Gasteiger partial charge in [-0.2, -0.15) is 0 Å². The van der Waals surface area contributed by atoms with Crippen LogP contribution in [0.4, 0.5) is 28.4 Å². The number of para-hydroxylation sites is 3. The minimum atomic E-state index is 0.281. The summed E-state index contributed by atoms with van der Waals surface area (Å²) in [5, 5.41) is 3.73. The van der Waals surface area contributed by atoms with E-state index in [1.807, 2.05) is 0 Å². The zero-order chi connectivity index (χ0) is 51.2. The van der Waals surface area contributed by atoms with Crippen LogP contribution >= 0.6 is 0 Å². The lowest BCUT2D eigenvalue weighted by Gasteiger charge is -2.33. The quantitative estimate of drug-likeness (QED) is 0.128. The molecule has 2 heterocycles. The van der Waals surface area contributed by atoms with Crippen LogP contribution in [0.1, 0.15) is 43.4 Å². The number of allylic oxidation sites excluding steroid dienone is 5. The van der Waals surface area contributed by atoms with Crippen molar-refractivity contribution in [1.29, 1.82) is 0 Å². The number of benzene rings is 10. The number of fused-ring (bicyclic) bond motifs is 6. The topological polar surface area (TPSA) is 16.3 Å². The lowest BCUT2D eigenvalue weighted by Crippen LogP contribution is -2.21. The number of anilines is 5. The molecule has 4 nitrogen and oxygen atoms in total. The summed E-state index contributed by atoms with van der Waals surface area (Å²) in [5.41, 5.74) is 22.7. The van der Waals surface area contributed by atoms with E-state index in [9.17, 15) is 0 Å². The van der Waals surface area contributed by atoms with E-state index < -0.39 is 0 Å². The summed E-state index contributed by atoms with van der Waals surface area (Å²) in [5.74, 6) is 0.281. The Morgan fingerprint density at radius 1 is 0.377 bits per heavy atom. The molecule has 4 heteroatoms. The molecule has 10 aromatic carbocycles. The van der Waals surface area contributed by atoms with Crippen molar-refractivity contribution in [3.63, 3.8) is 0 Å². The van der Waals surface area contributed by atoms with Crippen LogP contribution in [-0.4, -0.2) is 9.13 Å². The first-order chi connectivity index (χ1) is 38.1. The molecule has 1 atom stereocenters. The molecule has 0 aliphatic heterocycles. The zero-order valence-corrected chi connectivity index (χ0v) is 43.0. The highest BCUT2D eigenvalue weighted by Crippen LogP contribution is 2.47. The molecule has 77 heavy (non-hydrogen) atoms. The highest BCUT2D eigenvalue weighted by Gasteiger charge is 2.30. The molecular weight excluding hydrogens is 933 g/mol. The average molecular weight is 989 g/mol. The normalized spacial score (nSPS) is 14.1. The summed E-state index contributed by atoms with van der Waals surface area (Å²) in [6, 6.07) is 93.0. The standard InChI is InChI=1S/C73H56N4/c1-51-46-65(50-69-67-33-15-17-35-71(67)77(73(51)69)59-28-12-5-13-29-59)75(63-31-19-25-57(48-63)53-22-8-3-9-23-53)61-42-38-55(39-43-61)54-36-40-60(41-37-54)74(62-30-18-24-56(47-62)52-20-6-2-7-21-52)64-44-45-72-68(49-64)66-32-14-16-34-70(66)76(72)58-26-10-4-11-27-58/h2-4,6-12,14-45,47-51H,5,13,46H2,1H3. The molecule has 12 aromatic rings. The molecule has 0 bridgehead atoms. The van der Waals surface area contributed by atoms with Gasteiger partial charge >= 0.3 is 0 Å². The van der Waals surface area contributed by atoms with Crippen molar-refractivity contribution < 1.29 is 0 Å². The number of nitrogens with zero attached hydrogens (tertiary/aromatic N) is 4. The molecule has 0 saturated carbocycles. The third-order valence-corrected chi connectivity index (χ3v) is 15.7. The van der Waals surface area contributed by atoms with Gasteiger partial charge in [0.15, 0.2) is 0 Å². The predicted molar refractivity (Wildman–Crippen MR) is 326 cm³/mol. The Kier molecular flexibility index (Phi) is 11.7. The number of hydrogen-bond acceptors (Lipinski definition) is 2. The highest BCUT2D eigenvalue weighted by molar-refractivity contribution is 6.11. The molecule has 2 aromatic heterocycles. The molecular formula is C73H56N4. The Hall–Kier alpha value is -9.64. The van der Waals surface area contributed by atoms with Gasteiger partial charge in [-0.05, 0) is 156 Å². The highest BCUT2D eigenvalue weighted by atomic mass is 15.2. The van der Waals surface area contributed by atoms with Crippen LogP contribution in [0.5, 0.6) is 0 Å². The molecule has 0 N–H and O–H groups in total. The van der Waals surface area contributed by atoms with E-state index in [2.05, 4.69) is 305 Å². The van der Waals surface area contributed by atoms with E-state index >= 15 is 0 Å². The largest absolute Gasteiger partial charge is 0.314 e. The maximum Gasteiger partial charge on any atom is 0.0542 e. The van der Waals surface area contributed by atoms with Gasteiger partial charge in [0.2, 0.25) is 0 Å². The Morgan fingerprint density at radius 2 is 0.870 bits per heavy atom. The average Bonchev–Trinajstić information content (AvgIpc) is 4.18. The number of hydrogen-bond donors (Lipinski definition) is 0. The van der Waals surface area contributed by atoms with Gasteiger partial charge in [0.05, 0.1) is 16.6 Å². The van der Waals surface area contributed by atoms with Crippen LogP contribution < -0.4 is 9.80 Å². The Morgan fingerprint density at radius 3 is 1.49 bits per heavy atom. The summed E-state index contributed by atoms with van der Waals surface area (Å²) in [7, 11) is 0. The van der Waals surface area contributed by atoms with Crippen LogP contribution in [-0.2, 0) is 0 Å². The second-order valence-electron chi connectivity index (χ2n) is 20.5. The summed E-state index contributed by atoms with van der Waals surface area (Å²) >= 11 is 0. The van der Waals surface area contributed by atoms with E-state index in [4.69, 9.17) is 0 Å². The third kappa shape index (κ3) is 8.36. The summed E-state index contributed by atoms with van der Waals surface area (Å²) < 4.78 is 4.91. The second kappa shape index (κ2) is 19.6. The van der Waals surface area contributed by atoms with E-state index in [-0.39, 0.29) is 5.92 Å². The summed E-state index contributed by atoms with van der Waals surface area (Å²) in [6.07, 6.45) is 12.6. The van der Waals surface area contributed by atoms with E-state index in [1.54, 1.807) is 0 Å². The molecule has 368 valence electrons. The Labute approximate surface area is 450 Å². The van der Waals surface area contributed by atoms with Crippen LogP contribution in [0.25, 0.3) is 83.5 Å². The first kappa shape index (κ1) is 45.9. The van der Waals surface area contributed by atoms with Gasteiger partial charge in [-0.15, -0.1) is 0 Å². The van der Waals surface area contributed by atoms with Crippen molar-refractivity contribution in [3.8, 4) is 39.1 Å². The Bertz CT molecular complexity index is 4230. The van der Waals surface area contributed by atoms with Crippen LogP contribution in [0, 0.1) is 0 Å². The van der Waals surface area contributed by atoms with Crippen molar-refractivity contribution in [3.05, 3.63) is 290 Å². The van der Waals surface area contributed by atoms with Gasteiger partial charge in [0.1, 0.15) is 0 Å². The molecule has 0 spiro atoms. The monoisotopic (exact) mass is 988 g/mol. The van der Waals surface area contributed by atoms with E-state index in [0.717, 1.165) is 64.5 Å². The van der Waals surface area contributed by atoms with Gasteiger partial charge < -0.3 is 18.9 Å². The first-order valence-corrected chi connectivity index (χ1v) is 27.0. The first-order valence-electron chi connectivity index (χ1n) is 27.0. The number of aromatic nitrogens is 2. The maximum atomic E-state index is 2.53. The lowest BCUT2D eigenvalue weighted by molar-refractivity contribution is 0.695. The van der Waals surface area contributed by atoms with Gasteiger partial charge in [-0.1, -0.05) is 183 Å². The smallest absolute Gasteiger partial charge is 0.0542 e. The molecule has 0 amide bonds. The second-order valence-corrected chi connectivity index (χ2v) is 20.5. The van der Waals surface area contributed by atoms with Crippen LogP contribution in [0.3, 0.4) is 0 Å². The van der Waals surface area contributed by atoms with Gasteiger partial charge in [0, 0.05) is 78.9 Å². The molecule has 0 radical (unpaired) electrons. The molecule has 14 rings (SSSR count). The number of rotatable bonds is 11. The van der Waals surface area contributed by atoms with E-state index in [1.165, 1.54) is 77.6 Å². The third-order valence-electron chi connectivity index (χ3n) is 15.7. The summed E-state index contributed by atoms with van der Waals surface area (Å²) in [4.78, 5) is 4.90. The predicted octanol–water partition coefficient (Wildman–Crippen LogP) is 20.1. The molecule has 1 unspecified atom stereocenters. The lowest BCUT2D eigenvalue weighted by atomic mass is 9.89. The fourth-order valence-electron chi connectivity index (χ4n) is 12.2. The van der Waals surface area contributed by atoms with Gasteiger partial charge in [-0.3, -0.25) is 0 Å². The van der Waals surface area contributed by atoms with Crippen molar-refractivity contribution in [2.24, 2.45) is 0 Å².